The van der Waals surface area contributed by atoms with Crippen molar-refractivity contribution in [2.75, 3.05) is 18.5 Å². The van der Waals surface area contributed by atoms with Gasteiger partial charge in [-0.3, -0.25) is 4.79 Å². The Hall–Kier alpha value is -0.870. The second-order valence-electron chi connectivity index (χ2n) is 4.31. The van der Waals surface area contributed by atoms with Gasteiger partial charge in [-0.25, -0.2) is 0 Å². The molecule has 0 aliphatic heterocycles. The molecule has 0 aromatic heterocycles. The quantitative estimate of drug-likeness (QED) is 0.929. The molecule has 1 atom stereocenters. The minimum Gasteiger partial charge on any atom is -0.330 e. The number of nitrogens with two attached hydrogens (primary N) is 1. The number of benzene rings is 1. The minimum absolute atomic E-state index is 0.0385. The maximum atomic E-state index is 12.2. The monoisotopic (exact) mass is 298 g/mol. The smallest absolute Gasteiger partial charge is 0.229 e. The Bertz CT molecular complexity index is 406. The van der Waals surface area contributed by atoms with Gasteiger partial charge in [-0.15, -0.1) is 0 Å². The van der Waals surface area contributed by atoms with Crippen LogP contribution in [-0.4, -0.2) is 19.5 Å². The Morgan fingerprint density at radius 1 is 1.53 bits per heavy atom. The normalized spacial score (nSPS) is 12.3. The molecule has 4 heteroatoms. The predicted octanol–water partition coefficient (Wildman–Crippen LogP) is 2.71. The standard InChI is InChI=1S/C13H19BrN2O/c1-9-4-5-11(14)8-12(9)16(3)13(17)10(2)6-7-15/h4-5,8,10H,6-7,15H2,1-3H3. The van der Waals surface area contributed by atoms with Gasteiger partial charge in [-0.1, -0.05) is 28.9 Å². The summed E-state index contributed by atoms with van der Waals surface area (Å²) in [5.41, 5.74) is 7.51. The first kappa shape index (κ1) is 14.2. The van der Waals surface area contributed by atoms with Crippen LogP contribution in [0.1, 0.15) is 18.9 Å². The number of aryl methyl sites for hydroxylation is 1. The zero-order valence-corrected chi connectivity index (χ0v) is 12.1. The lowest BCUT2D eigenvalue weighted by atomic mass is 10.1. The number of amides is 1. The highest BCUT2D eigenvalue weighted by atomic mass is 79.9. The molecule has 0 aliphatic carbocycles. The van der Waals surface area contributed by atoms with Crippen LogP contribution in [0.4, 0.5) is 5.69 Å². The Balaban J connectivity index is 2.92. The zero-order chi connectivity index (χ0) is 13.0. The van der Waals surface area contributed by atoms with Gasteiger partial charge in [-0.05, 0) is 37.6 Å². The van der Waals surface area contributed by atoms with Crippen LogP contribution in [0.25, 0.3) is 0 Å². The number of carbonyl (C=O) groups excluding carboxylic acids is 1. The van der Waals surface area contributed by atoms with E-state index in [1.807, 2.05) is 39.1 Å². The van der Waals surface area contributed by atoms with Gasteiger partial charge in [0.2, 0.25) is 5.91 Å². The lowest BCUT2D eigenvalue weighted by molar-refractivity contribution is -0.121. The summed E-state index contributed by atoms with van der Waals surface area (Å²) in [6.07, 6.45) is 0.718. The maximum Gasteiger partial charge on any atom is 0.229 e. The Kier molecular flexibility index (Phi) is 5.15. The Morgan fingerprint density at radius 3 is 2.76 bits per heavy atom. The number of rotatable bonds is 4. The summed E-state index contributed by atoms with van der Waals surface area (Å²) in [4.78, 5) is 13.9. The molecule has 2 N–H and O–H groups in total. The highest BCUT2D eigenvalue weighted by Crippen LogP contribution is 2.25. The van der Waals surface area contributed by atoms with Gasteiger partial charge >= 0.3 is 0 Å². The molecule has 0 heterocycles. The molecule has 0 fully saturated rings. The molecule has 0 saturated carbocycles. The number of anilines is 1. The van der Waals surface area contributed by atoms with Gasteiger partial charge in [0.15, 0.2) is 0 Å². The van der Waals surface area contributed by atoms with E-state index < -0.39 is 0 Å². The van der Waals surface area contributed by atoms with Gasteiger partial charge in [0, 0.05) is 23.1 Å². The van der Waals surface area contributed by atoms with Crippen molar-refractivity contribution in [1.29, 1.82) is 0 Å². The number of hydrogen-bond donors (Lipinski definition) is 1. The molecular formula is C13H19BrN2O. The first-order chi connectivity index (χ1) is 7.97. The molecule has 0 saturated heterocycles. The average Bonchev–Trinajstić information content (AvgIpc) is 2.30. The molecule has 0 aliphatic rings. The number of nitrogens with zero attached hydrogens (tertiary/aromatic N) is 1. The van der Waals surface area contributed by atoms with Crippen molar-refractivity contribution in [3.63, 3.8) is 0 Å². The van der Waals surface area contributed by atoms with Gasteiger partial charge in [0.05, 0.1) is 0 Å². The van der Waals surface area contributed by atoms with E-state index >= 15 is 0 Å². The average molecular weight is 299 g/mol. The second kappa shape index (κ2) is 6.17. The first-order valence-corrected chi connectivity index (χ1v) is 6.50. The summed E-state index contributed by atoms with van der Waals surface area (Å²) in [6.45, 7) is 4.45. The third-order valence-corrected chi connectivity index (χ3v) is 3.38. The third kappa shape index (κ3) is 3.54. The van der Waals surface area contributed by atoms with E-state index in [-0.39, 0.29) is 11.8 Å². The largest absolute Gasteiger partial charge is 0.330 e. The molecule has 1 unspecified atom stereocenters. The van der Waals surface area contributed by atoms with Gasteiger partial charge in [0.25, 0.3) is 0 Å². The molecule has 1 aromatic carbocycles. The molecule has 3 nitrogen and oxygen atoms in total. The van der Waals surface area contributed by atoms with E-state index in [1.54, 1.807) is 4.90 Å². The van der Waals surface area contributed by atoms with E-state index in [1.165, 1.54) is 0 Å². The van der Waals surface area contributed by atoms with Crippen LogP contribution in [0.15, 0.2) is 22.7 Å². The van der Waals surface area contributed by atoms with Crippen molar-refractivity contribution in [2.45, 2.75) is 20.3 Å². The maximum absolute atomic E-state index is 12.2. The lowest BCUT2D eigenvalue weighted by Crippen LogP contribution is -2.33. The lowest BCUT2D eigenvalue weighted by Gasteiger charge is -2.23. The topological polar surface area (TPSA) is 46.3 Å². The van der Waals surface area contributed by atoms with Crippen LogP contribution in [0, 0.1) is 12.8 Å². The summed E-state index contributed by atoms with van der Waals surface area (Å²) in [5, 5.41) is 0. The van der Waals surface area contributed by atoms with Crippen molar-refractivity contribution in [3.8, 4) is 0 Å². The fraction of sp³-hybridized carbons (Fsp3) is 0.462. The van der Waals surface area contributed by atoms with Crippen molar-refractivity contribution in [3.05, 3.63) is 28.2 Å². The SMILES string of the molecule is Cc1ccc(Br)cc1N(C)C(=O)C(C)CCN. The Morgan fingerprint density at radius 2 is 2.18 bits per heavy atom. The van der Waals surface area contributed by atoms with Crippen LogP contribution in [0.3, 0.4) is 0 Å². The third-order valence-electron chi connectivity index (χ3n) is 2.88. The molecule has 94 valence electrons. The molecule has 0 spiro atoms. The molecule has 0 bridgehead atoms. The summed E-state index contributed by atoms with van der Waals surface area (Å²) in [6, 6.07) is 5.93. The molecule has 1 rings (SSSR count). The number of carbonyl (C=O) groups is 1. The first-order valence-electron chi connectivity index (χ1n) is 5.71. The summed E-state index contributed by atoms with van der Waals surface area (Å²) in [7, 11) is 1.81. The van der Waals surface area contributed by atoms with Crippen LogP contribution in [-0.2, 0) is 4.79 Å². The fourth-order valence-corrected chi connectivity index (χ4v) is 2.12. The van der Waals surface area contributed by atoms with Crippen LogP contribution in [0.2, 0.25) is 0 Å². The van der Waals surface area contributed by atoms with Crippen molar-refractivity contribution < 1.29 is 4.79 Å². The second-order valence-corrected chi connectivity index (χ2v) is 5.22. The van der Waals surface area contributed by atoms with Crippen LogP contribution < -0.4 is 10.6 Å². The highest BCUT2D eigenvalue weighted by Gasteiger charge is 2.19. The number of hydrogen-bond acceptors (Lipinski definition) is 2. The number of halogens is 1. The zero-order valence-electron chi connectivity index (χ0n) is 10.5. The van der Waals surface area contributed by atoms with E-state index in [2.05, 4.69) is 15.9 Å². The Labute approximate surface area is 111 Å². The van der Waals surface area contributed by atoms with E-state index in [9.17, 15) is 4.79 Å². The molecule has 1 aromatic rings. The van der Waals surface area contributed by atoms with Gasteiger partial charge in [-0.2, -0.15) is 0 Å². The van der Waals surface area contributed by atoms with E-state index in [0.29, 0.717) is 6.54 Å². The van der Waals surface area contributed by atoms with Crippen molar-refractivity contribution in [2.24, 2.45) is 11.7 Å². The molecule has 1 amide bonds. The fourth-order valence-electron chi connectivity index (χ4n) is 1.77. The summed E-state index contributed by atoms with van der Waals surface area (Å²) < 4.78 is 0.976. The van der Waals surface area contributed by atoms with Gasteiger partial charge in [0.1, 0.15) is 0 Å². The summed E-state index contributed by atoms with van der Waals surface area (Å²) >= 11 is 3.42. The van der Waals surface area contributed by atoms with Gasteiger partial charge < -0.3 is 10.6 Å². The highest BCUT2D eigenvalue weighted by molar-refractivity contribution is 9.10. The molecule has 17 heavy (non-hydrogen) atoms. The molecule has 0 radical (unpaired) electrons. The van der Waals surface area contributed by atoms with Crippen molar-refractivity contribution >= 4 is 27.5 Å². The minimum atomic E-state index is -0.0385. The van der Waals surface area contributed by atoms with Crippen molar-refractivity contribution in [1.82, 2.24) is 0 Å². The van der Waals surface area contributed by atoms with E-state index in [4.69, 9.17) is 5.73 Å². The van der Waals surface area contributed by atoms with Crippen LogP contribution >= 0.6 is 15.9 Å². The van der Waals surface area contributed by atoms with E-state index in [0.717, 1.165) is 22.1 Å². The summed E-state index contributed by atoms with van der Waals surface area (Å²) in [5.74, 6) is 0.0695. The van der Waals surface area contributed by atoms with Crippen LogP contribution in [0.5, 0.6) is 0 Å². The molecular weight excluding hydrogens is 280 g/mol. The predicted molar refractivity (Wildman–Crippen MR) is 75.1 cm³/mol.